The maximum atomic E-state index is 12.8. The Morgan fingerprint density at radius 2 is 1.92 bits per heavy atom. The Morgan fingerprint density at radius 3 is 2.58 bits per heavy atom. The van der Waals surface area contributed by atoms with Crippen LogP contribution < -0.4 is 10.1 Å². The molecule has 7 heteroatoms. The van der Waals surface area contributed by atoms with E-state index in [4.69, 9.17) is 4.74 Å². The van der Waals surface area contributed by atoms with E-state index >= 15 is 0 Å². The molecular weight excluding hydrogens is 354 g/mol. The number of rotatable bonds is 7. The standard InChI is InChI=1S/C19H29N3O3.ClH/c1-4-21(5-2)18(23)10-11-19(24)22-13-12-20-14-16(22)15-8-6-7-9-17(15)25-3;/h6-9,16,20H,4-5,10-14H2,1-3H3;1H. The number of carbonyl (C=O) groups excluding carboxylic acids is 2. The fourth-order valence-corrected chi connectivity index (χ4v) is 3.31. The molecular formula is C19H30ClN3O3. The maximum Gasteiger partial charge on any atom is 0.223 e. The van der Waals surface area contributed by atoms with Gasteiger partial charge in [0, 0.05) is 51.1 Å². The van der Waals surface area contributed by atoms with Crippen LogP contribution in [0.15, 0.2) is 24.3 Å². The molecule has 1 saturated heterocycles. The van der Waals surface area contributed by atoms with E-state index in [2.05, 4.69) is 5.32 Å². The highest BCUT2D eigenvalue weighted by atomic mass is 35.5. The Morgan fingerprint density at radius 1 is 1.23 bits per heavy atom. The summed E-state index contributed by atoms with van der Waals surface area (Å²) in [6.45, 7) is 7.37. The van der Waals surface area contributed by atoms with Crippen LogP contribution in [0.25, 0.3) is 0 Å². The lowest BCUT2D eigenvalue weighted by Crippen LogP contribution is -2.49. The number of nitrogens with zero attached hydrogens (tertiary/aromatic N) is 2. The number of hydrogen-bond donors (Lipinski definition) is 1. The van der Waals surface area contributed by atoms with Crippen molar-refractivity contribution in [2.45, 2.75) is 32.7 Å². The molecule has 146 valence electrons. The maximum absolute atomic E-state index is 12.8. The van der Waals surface area contributed by atoms with Gasteiger partial charge < -0.3 is 19.9 Å². The number of ether oxygens (including phenoxy) is 1. The van der Waals surface area contributed by atoms with Crippen molar-refractivity contribution in [3.8, 4) is 5.75 Å². The van der Waals surface area contributed by atoms with E-state index in [1.54, 1.807) is 12.0 Å². The van der Waals surface area contributed by atoms with Gasteiger partial charge in [0.1, 0.15) is 5.75 Å². The predicted octanol–water partition coefficient (Wildman–Crippen LogP) is 2.24. The number of amides is 2. The normalized spacial score (nSPS) is 16.6. The largest absolute Gasteiger partial charge is 0.496 e. The van der Waals surface area contributed by atoms with Crippen molar-refractivity contribution in [2.75, 3.05) is 39.8 Å². The highest BCUT2D eigenvalue weighted by molar-refractivity contribution is 5.85. The van der Waals surface area contributed by atoms with Crippen molar-refractivity contribution in [2.24, 2.45) is 0 Å². The number of carbonyl (C=O) groups is 2. The Balaban J connectivity index is 0.00000338. The lowest BCUT2D eigenvalue weighted by Gasteiger charge is -2.37. The Bertz CT molecular complexity index is 593. The van der Waals surface area contributed by atoms with Crippen molar-refractivity contribution in [3.63, 3.8) is 0 Å². The monoisotopic (exact) mass is 383 g/mol. The highest BCUT2D eigenvalue weighted by Crippen LogP contribution is 2.30. The van der Waals surface area contributed by atoms with E-state index in [1.807, 2.05) is 43.0 Å². The second-order valence-corrected chi connectivity index (χ2v) is 6.12. The number of para-hydroxylation sites is 1. The third-order valence-corrected chi connectivity index (χ3v) is 4.73. The number of halogens is 1. The SMILES string of the molecule is CCN(CC)C(=O)CCC(=O)N1CCNCC1c1ccccc1OC.Cl. The number of benzene rings is 1. The lowest BCUT2D eigenvalue weighted by atomic mass is 10.0. The Labute approximate surface area is 162 Å². The van der Waals surface area contributed by atoms with Gasteiger partial charge in [-0.3, -0.25) is 9.59 Å². The summed E-state index contributed by atoms with van der Waals surface area (Å²) in [4.78, 5) is 28.6. The lowest BCUT2D eigenvalue weighted by molar-refractivity contribution is -0.139. The first-order valence-electron chi connectivity index (χ1n) is 9.03. The van der Waals surface area contributed by atoms with Gasteiger partial charge in [-0.25, -0.2) is 0 Å². The van der Waals surface area contributed by atoms with Crippen molar-refractivity contribution >= 4 is 24.2 Å². The number of nitrogens with one attached hydrogen (secondary N) is 1. The molecule has 1 unspecified atom stereocenters. The van der Waals surface area contributed by atoms with E-state index < -0.39 is 0 Å². The van der Waals surface area contributed by atoms with E-state index in [-0.39, 0.29) is 43.1 Å². The molecule has 0 bridgehead atoms. The fraction of sp³-hybridized carbons (Fsp3) is 0.579. The van der Waals surface area contributed by atoms with E-state index in [9.17, 15) is 9.59 Å². The Hall–Kier alpha value is -1.79. The summed E-state index contributed by atoms with van der Waals surface area (Å²) in [5.41, 5.74) is 1.00. The number of methoxy groups -OCH3 is 1. The van der Waals surface area contributed by atoms with Gasteiger partial charge in [-0.05, 0) is 19.9 Å². The first kappa shape index (κ1) is 22.3. The van der Waals surface area contributed by atoms with Gasteiger partial charge in [-0.1, -0.05) is 18.2 Å². The zero-order valence-electron chi connectivity index (χ0n) is 15.9. The van der Waals surface area contributed by atoms with Crippen molar-refractivity contribution in [1.82, 2.24) is 15.1 Å². The molecule has 1 aliphatic heterocycles. The molecule has 0 spiro atoms. The fourth-order valence-electron chi connectivity index (χ4n) is 3.31. The van der Waals surface area contributed by atoms with Gasteiger partial charge >= 0.3 is 0 Å². The quantitative estimate of drug-likeness (QED) is 0.784. The summed E-state index contributed by atoms with van der Waals surface area (Å²) < 4.78 is 5.46. The molecule has 1 aliphatic rings. The molecule has 0 saturated carbocycles. The summed E-state index contributed by atoms with van der Waals surface area (Å²) >= 11 is 0. The van der Waals surface area contributed by atoms with Crippen LogP contribution in [0.5, 0.6) is 5.75 Å². The van der Waals surface area contributed by atoms with Gasteiger partial charge in [-0.15, -0.1) is 12.4 Å². The van der Waals surface area contributed by atoms with Gasteiger partial charge in [0.2, 0.25) is 11.8 Å². The average Bonchev–Trinajstić information content (AvgIpc) is 2.67. The van der Waals surface area contributed by atoms with Gasteiger partial charge in [0.15, 0.2) is 0 Å². The second-order valence-electron chi connectivity index (χ2n) is 6.12. The van der Waals surface area contributed by atoms with Gasteiger partial charge in [-0.2, -0.15) is 0 Å². The minimum Gasteiger partial charge on any atom is -0.496 e. The molecule has 0 radical (unpaired) electrons. The average molecular weight is 384 g/mol. The minimum atomic E-state index is -0.0686. The second kappa shape index (κ2) is 11.0. The highest BCUT2D eigenvalue weighted by Gasteiger charge is 2.29. The van der Waals surface area contributed by atoms with Crippen molar-refractivity contribution < 1.29 is 14.3 Å². The van der Waals surface area contributed by atoms with Crippen molar-refractivity contribution in [3.05, 3.63) is 29.8 Å². The van der Waals surface area contributed by atoms with Crippen LogP contribution in [0.2, 0.25) is 0 Å². The summed E-state index contributed by atoms with van der Waals surface area (Å²) in [6.07, 6.45) is 0.518. The van der Waals surface area contributed by atoms with E-state index in [0.717, 1.165) is 17.9 Å². The van der Waals surface area contributed by atoms with Crippen LogP contribution in [0.4, 0.5) is 0 Å². The molecule has 1 aromatic carbocycles. The first-order valence-corrected chi connectivity index (χ1v) is 9.03. The van der Waals surface area contributed by atoms with Crippen molar-refractivity contribution in [1.29, 1.82) is 0 Å². The molecule has 6 nitrogen and oxygen atoms in total. The zero-order valence-corrected chi connectivity index (χ0v) is 16.7. The first-order chi connectivity index (χ1) is 12.1. The number of hydrogen-bond acceptors (Lipinski definition) is 4. The summed E-state index contributed by atoms with van der Waals surface area (Å²) in [7, 11) is 1.64. The topological polar surface area (TPSA) is 61.9 Å². The third kappa shape index (κ3) is 5.35. The zero-order chi connectivity index (χ0) is 18.2. The molecule has 1 atom stereocenters. The van der Waals surface area contributed by atoms with Crippen LogP contribution in [0.1, 0.15) is 38.3 Å². The van der Waals surface area contributed by atoms with E-state index in [1.165, 1.54) is 0 Å². The molecule has 0 aromatic heterocycles. The molecule has 2 rings (SSSR count). The molecule has 1 heterocycles. The molecule has 26 heavy (non-hydrogen) atoms. The third-order valence-electron chi connectivity index (χ3n) is 4.73. The smallest absolute Gasteiger partial charge is 0.223 e. The molecule has 0 aliphatic carbocycles. The van der Waals surface area contributed by atoms with Gasteiger partial charge in [0.05, 0.1) is 13.2 Å². The number of piperazine rings is 1. The van der Waals surface area contributed by atoms with Crippen LogP contribution in [-0.2, 0) is 9.59 Å². The Kier molecular flexibility index (Phi) is 9.44. The van der Waals surface area contributed by atoms with Crippen LogP contribution in [0, 0.1) is 0 Å². The van der Waals surface area contributed by atoms with E-state index in [0.29, 0.717) is 26.2 Å². The van der Waals surface area contributed by atoms with Crippen LogP contribution >= 0.6 is 12.4 Å². The molecule has 1 aromatic rings. The predicted molar refractivity (Wildman–Crippen MR) is 105 cm³/mol. The van der Waals surface area contributed by atoms with Crippen LogP contribution in [0.3, 0.4) is 0 Å². The molecule has 2 amide bonds. The molecule has 1 fully saturated rings. The summed E-state index contributed by atoms with van der Waals surface area (Å²) in [6, 6.07) is 7.72. The minimum absolute atomic E-state index is 0. The summed E-state index contributed by atoms with van der Waals surface area (Å²) in [5.74, 6) is 0.855. The molecule has 1 N–H and O–H groups in total. The van der Waals surface area contributed by atoms with Gasteiger partial charge in [0.25, 0.3) is 0 Å². The van der Waals surface area contributed by atoms with Crippen LogP contribution in [-0.4, -0.2) is 61.4 Å². The summed E-state index contributed by atoms with van der Waals surface area (Å²) in [5, 5.41) is 3.35.